The minimum absolute atomic E-state index is 0.401. The molecule has 114 valence electrons. The first-order chi connectivity index (χ1) is 11.2. The van der Waals surface area contributed by atoms with Crippen LogP contribution in [0.1, 0.15) is 0 Å². The van der Waals surface area contributed by atoms with E-state index in [0.717, 1.165) is 17.1 Å². The normalized spacial score (nSPS) is 15.0. The monoisotopic (exact) mass is 302 g/mol. The first-order valence-corrected chi connectivity index (χ1v) is 7.40. The van der Waals surface area contributed by atoms with Gasteiger partial charge in [-0.05, 0) is 42.5 Å². The van der Waals surface area contributed by atoms with Gasteiger partial charge in [-0.3, -0.25) is 10.8 Å². The molecule has 23 heavy (non-hydrogen) atoms. The van der Waals surface area contributed by atoms with Crippen LogP contribution < -0.4 is 10.3 Å². The average Bonchev–Trinajstić information content (AvgIpc) is 2.61. The Morgan fingerprint density at radius 2 is 1.65 bits per heavy atom. The number of anilines is 3. The van der Waals surface area contributed by atoms with Crippen LogP contribution in [0.25, 0.3) is 0 Å². The van der Waals surface area contributed by atoms with Crippen LogP contribution in [0, 0.1) is 5.41 Å². The molecule has 2 aromatic carbocycles. The van der Waals surface area contributed by atoms with Gasteiger partial charge < -0.3 is 4.90 Å². The number of para-hydroxylation sites is 1. The molecular formula is C19H18N4. The van der Waals surface area contributed by atoms with E-state index in [9.17, 15) is 0 Å². The molecule has 0 aliphatic heterocycles. The van der Waals surface area contributed by atoms with Crippen molar-refractivity contribution in [2.45, 2.75) is 0 Å². The lowest BCUT2D eigenvalue weighted by Gasteiger charge is -2.20. The largest absolute Gasteiger partial charge is 0.345 e. The van der Waals surface area contributed by atoms with Gasteiger partial charge in [-0.15, -0.1) is 0 Å². The summed E-state index contributed by atoms with van der Waals surface area (Å²) in [6.07, 6.45) is 7.24. The molecule has 3 rings (SSSR count). The number of benzene rings is 2. The lowest BCUT2D eigenvalue weighted by atomic mass is 10.1. The third-order valence-electron chi connectivity index (χ3n) is 3.59. The SMILES string of the molecule is CN(c1ccccc1)c1cccc(N/N=C2/C=CC=CC2=N)c1. The van der Waals surface area contributed by atoms with Crippen molar-refractivity contribution in [1.82, 2.24) is 0 Å². The highest BCUT2D eigenvalue weighted by atomic mass is 15.3. The van der Waals surface area contributed by atoms with Gasteiger partial charge in [0.25, 0.3) is 0 Å². The van der Waals surface area contributed by atoms with Crippen LogP contribution in [-0.2, 0) is 0 Å². The van der Waals surface area contributed by atoms with Gasteiger partial charge in [-0.2, -0.15) is 5.10 Å². The molecule has 4 heteroatoms. The highest BCUT2D eigenvalue weighted by Gasteiger charge is 2.05. The lowest BCUT2D eigenvalue weighted by Crippen LogP contribution is -2.12. The van der Waals surface area contributed by atoms with Gasteiger partial charge >= 0.3 is 0 Å². The standard InChI is InChI=1S/C19H18N4/c1-23(16-9-3-2-4-10-16)17-11-7-8-15(14-17)21-22-19-13-6-5-12-18(19)20/h2-14,20-21H,1H3/b20-18?,22-19-. The summed E-state index contributed by atoms with van der Waals surface area (Å²) in [5.41, 5.74) is 7.12. The maximum absolute atomic E-state index is 7.82. The second-order valence-corrected chi connectivity index (χ2v) is 5.19. The molecule has 0 bridgehead atoms. The Kier molecular flexibility index (Phi) is 4.34. The Hall–Kier alpha value is -3.14. The number of hydrogen-bond donors (Lipinski definition) is 2. The van der Waals surface area contributed by atoms with E-state index in [-0.39, 0.29) is 0 Å². The van der Waals surface area contributed by atoms with Crippen LogP contribution in [0.3, 0.4) is 0 Å². The molecule has 1 aliphatic rings. The predicted molar refractivity (Wildman–Crippen MR) is 98.0 cm³/mol. The second kappa shape index (κ2) is 6.75. The maximum atomic E-state index is 7.82. The van der Waals surface area contributed by atoms with E-state index in [1.807, 2.05) is 61.7 Å². The minimum atomic E-state index is 0.401. The lowest BCUT2D eigenvalue weighted by molar-refractivity contribution is 1.20. The topological polar surface area (TPSA) is 51.5 Å². The summed E-state index contributed by atoms with van der Waals surface area (Å²) in [6.45, 7) is 0. The molecule has 1 aliphatic carbocycles. The third-order valence-corrected chi connectivity index (χ3v) is 3.59. The Balaban J connectivity index is 1.78. The van der Waals surface area contributed by atoms with E-state index in [1.54, 1.807) is 6.08 Å². The molecule has 0 saturated carbocycles. The van der Waals surface area contributed by atoms with Crippen molar-refractivity contribution in [3.63, 3.8) is 0 Å². The summed E-state index contributed by atoms with van der Waals surface area (Å²) in [4.78, 5) is 2.11. The number of nitrogens with one attached hydrogen (secondary N) is 2. The quantitative estimate of drug-likeness (QED) is 0.651. The van der Waals surface area contributed by atoms with Crippen LogP contribution in [-0.4, -0.2) is 18.5 Å². The van der Waals surface area contributed by atoms with Gasteiger partial charge in [0.2, 0.25) is 0 Å². The van der Waals surface area contributed by atoms with Crippen molar-refractivity contribution < 1.29 is 0 Å². The molecule has 0 aromatic heterocycles. The molecule has 0 unspecified atom stereocenters. The molecule has 0 fully saturated rings. The van der Waals surface area contributed by atoms with Gasteiger partial charge in [0.1, 0.15) is 5.71 Å². The van der Waals surface area contributed by atoms with E-state index in [2.05, 4.69) is 33.6 Å². The first-order valence-electron chi connectivity index (χ1n) is 7.40. The van der Waals surface area contributed by atoms with Crippen molar-refractivity contribution in [1.29, 1.82) is 5.41 Å². The zero-order chi connectivity index (χ0) is 16.1. The number of allylic oxidation sites excluding steroid dienone is 4. The van der Waals surface area contributed by atoms with Crippen molar-refractivity contribution in [2.24, 2.45) is 5.10 Å². The molecule has 0 saturated heterocycles. The number of hydrazone groups is 1. The number of hydrogen-bond acceptors (Lipinski definition) is 4. The summed E-state index contributed by atoms with van der Waals surface area (Å²) in [6, 6.07) is 18.2. The third kappa shape index (κ3) is 3.55. The molecule has 0 atom stereocenters. The van der Waals surface area contributed by atoms with Crippen LogP contribution in [0.4, 0.5) is 17.1 Å². The first kappa shape index (κ1) is 14.8. The minimum Gasteiger partial charge on any atom is -0.345 e. The van der Waals surface area contributed by atoms with E-state index in [4.69, 9.17) is 5.41 Å². The second-order valence-electron chi connectivity index (χ2n) is 5.19. The van der Waals surface area contributed by atoms with Gasteiger partial charge in [0.05, 0.1) is 11.4 Å². The zero-order valence-corrected chi connectivity index (χ0v) is 12.9. The fraction of sp³-hybridized carbons (Fsp3) is 0.0526. The van der Waals surface area contributed by atoms with Crippen molar-refractivity contribution >= 4 is 28.5 Å². The number of rotatable bonds is 4. The van der Waals surface area contributed by atoms with Crippen LogP contribution in [0.5, 0.6) is 0 Å². The fourth-order valence-electron chi connectivity index (χ4n) is 2.28. The van der Waals surface area contributed by atoms with E-state index in [0.29, 0.717) is 11.4 Å². The Bertz CT molecular complexity index is 788. The van der Waals surface area contributed by atoms with Gasteiger partial charge in [0, 0.05) is 18.4 Å². The highest BCUT2D eigenvalue weighted by Crippen LogP contribution is 2.25. The van der Waals surface area contributed by atoms with E-state index in [1.165, 1.54) is 0 Å². The maximum Gasteiger partial charge on any atom is 0.108 e. The van der Waals surface area contributed by atoms with Gasteiger partial charge in [-0.25, -0.2) is 0 Å². The summed E-state index contributed by atoms with van der Waals surface area (Å²) in [7, 11) is 2.03. The van der Waals surface area contributed by atoms with Crippen molar-refractivity contribution in [3.05, 3.63) is 78.9 Å². The summed E-state index contributed by atoms with van der Waals surface area (Å²) in [5.74, 6) is 0. The van der Waals surface area contributed by atoms with Crippen molar-refractivity contribution in [3.8, 4) is 0 Å². The Morgan fingerprint density at radius 3 is 2.43 bits per heavy atom. The molecule has 0 spiro atoms. The van der Waals surface area contributed by atoms with Gasteiger partial charge in [0.15, 0.2) is 0 Å². The fourth-order valence-corrected chi connectivity index (χ4v) is 2.28. The molecule has 0 radical (unpaired) electrons. The highest BCUT2D eigenvalue weighted by molar-refractivity contribution is 6.50. The molecule has 2 aromatic rings. The smallest absolute Gasteiger partial charge is 0.108 e. The summed E-state index contributed by atoms with van der Waals surface area (Å²) >= 11 is 0. The predicted octanol–water partition coefficient (Wildman–Crippen LogP) is 4.37. The molecule has 0 amide bonds. The zero-order valence-electron chi connectivity index (χ0n) is 12.9. The van der Waals surface area contributed by atoms with Crippen LogP contribution in [0.2, 0.25) is 0 Å². The van der Waals surface area contributed by atoms with Crippen LogP contribution in [0.15, 0.2) is 84.0 Å². The Morgan fingerprint density at radius 1 is 0.913 bits per heavy atom. The van der Waals surface area contributed by atoms with Gasteiger partial charge in [-0.1, -0.05) is 36.4 Å². The van der Waals surface area contributed by atoms with Crippen LogP contribution >= 0.6 is 0 Å². The Labute approximate surface area is 136 Å². The molecule has 0 heterocycles. The van der Waals surface area contributed by atoms with E-state index < -0.39 is 0 Å². The average molecular weight is 302 g/mol. The number of nitrogens with zero attached hydrogens (tertiary/aromatic N) is 2. The van der Waals surface area contributed by atoms with Crippen molar-refractivity contribution in [2.75, 3.05) is 17.4 Å². The molecule has 4 nitrogen and oxygen atoms in total. The molecule has 2 N–H and O–H groups in total. The van der Waals surface area contributed by atoms with E-state index >= 15 is 0 Å². The molecular weight excluding hydrogens is 284 g/mol. The summed E-state index contributed by atoms with van der Waals surface area (Å²) in [5, 5.41) is 12.1. The summed E-state index contributed by atoms with van der Waals surface area (Å²) < 4.78 is 0.